The highest BCUT2D eigenvalue weighted by Crippen LogP contribution is 2.37. The van der Waals surface area contributed by atoms with Gasteiger partial charge in [-0.3, -0.25) is 14.4 Å². The van der Waals surface area contributed by atoms with Crippen LogP contribution in [0.2, 0.25) is 0 Å². The number of hydrogen-bond donors (Lipinski definition) is 1. The average molecular weight is 396 g/mol. The summed E-state index contributed by atoms with van der Waals surface area (Å²) in [4.78, 5) is 39.6. The lowest BCUT2D eigenvalue weighted by molar-refractivity contribution is -0.160. The summed E-state index contributed by atoms with van der Waals surface area (Å²) >= 11 is 0. The molecule has 0 radical (unpaired) electrons. The summed E-state index contributed by atoms with van der Waals surface area (Å²) < 4.78 is 13.3. The average Bonchev–Trinajstić information content (AvgIpc) is 2.99. The number of ketones is 1. The monoisotopic (exact) mass is 396 g/mol. The Morgan fingerprint density at radius 3 is 2.38 bits per heavy atom. The fourth-order valence-corrected chi connectivity index (χ4v) is 4.11. The number of nitrogens with two attached hydrogens (primary N) is 1. The van der Waals surface area contributed by atoms with Gasteiger partial charge in [-0.15, -0.1) is 0 Å². The van der Waals surface area contributed by atoms with Crippen LogP contribution in [0.3, 0.4) is 0 Å². The molecule has 2 aliphatic heterocycles. The zero-order chi connectivity index (χ0) is 20.7. The number of hydrogen-bond acceptors (Lipinski definition) is 5. The van der Waals surface area contributed by atoms with Gasteiger partial charge in [0.25, 0.3) is 0 Å². The first kappa shape index (κ1) is 19.2. The Morgan fingerprint density at radius 2 is 1.76 bits per heavy atom. The van der Waals surface area contributed by atoms with E-state index in [1.165, 1.54) is 17.0 Å². The normalized spacial score (nSPS) is 25.3. The lowest BCUT2D eigenvalue weighted by Gasteiger charge is -2.44. The fourth-order valence-electron chi connectivity index (χ4n) is 4.11. The molecule has 2 fully saturated rings. The van der Waals surface area contributed by atoms with E-state index in [1.54, 1.807) is 29.2 Å². The molecular formula is C21H21FN4O3. The van der Waals surface area contributed by atoms with E-state index in [0.717, 1.165) is 5.56 Å². The molecule has 2 aliphatic rings. The number of carbonyl (C=O) groups is 3. The molecule has 2 aromatic carbocycles. The van der Waals surface area contributed by atoms with Crippen molar-refractivity contribution in [2.24, 2.45) is 5.73 Å². The molecule has 3 unspecified atom stereocenters. The third kappa shape index (κ3) is 3.30. The minimum absolute atomic E-state index is 0.149. The number of amides is 2. The number of benzene rings is 2. The molecule has 0 bridgehead atoms. The van der Waals surface area contributed by atoms with Gasteiger partial charge in [0, 0.05) is 20.1 Å². The summed E-state index contributed by atoms with van der Waals surface area (Å²) in [5.41, 5.74) is 7.18. The van der Waals surface area contributed by atoms with E-state index < -0.39 is 23.8 Å². The van der Waals surface area contributed by atoms with Gasteiger partial charge in [-0.1, -0.05) is 42.5 Å². The summed E-state index contributed by atoms with van der Waals surface area (Å²) in [6, 6.07) is 12.6. The fraction of sp³-hybridized carbons (Fsp3) is 0.286. The standard InChI is InChI=1S/C21H21FN4O3/c1-24-12-16(14-5-3-2-4-6-14)26-18(21(24)29)19(27)17(20(23)28)25(26)11-13-7-9-15(22)10-8-13/h2-10,16-18H,11-12H2,1H3,(H2,23,28). The number of halogens is 1. The van der Waals surface area contributed by atoms with Gasteiger partial charge in [0.05, 0.1) is 6.04 Å². The van der Waals surface area contributed by atoms with Crippen LogP contribution in [-0.2, 0) is 20.9 Å². The van der Waals surface area contributed by atoms with Crippen molar-refractivity contribution >= 4 is 17.6 Å². The molecule has 0 saturated carbocycles. The highest BCUT2D eigenvalue weighted by molar-refractivity contribution is 6.17. The number of piperazine rings is 1. The molecule has 2 aromatic rings. The van der Waals surface area contributed by atoms with Gasteiger partial charge >= 0.3 is 0 Å². The Kier molecular flexibility index (Phi) is 4.89. The maximum Gasteiger partial charge on any atom is 0.248 e. The highest BCUT2D eigenvalue weighted by atomic mass is 19.1. The molecular weight excluding hydrogens is 375 g/mol. The quantitative estimate of drug-likeness (QED) is 0.775. The van der Waals surface area contributed by atoms with Gasteiger partial charge in [-0.05, 0) is 23.3 Å². The first-order valence-electron chi connectivity index (χ1n) is 9.31. The molecule has 8 heteroatoms. The minimum Gasteiger partial charge on any atom is -0.368 e. The van der Waals surface area contributed by atoms with Crippen molar-refractivity contribution in [2.75, 3.05) is 13.6 Å². The first-order chi connectivity index (χ1) is 13.9. The molecule has 2 heterocycles. The number of Topliss-reactive ketones (excluding diaryl/α,β-unsaturated/α-hetero) is 1. The van der Waals surface area contributed by atoms with E-state index in [4.69, 9.17) is 5.73 Å². The van der Waals surface area contributed by atoms with Crippen molar-refractivity contribution in [1.82, 2.24) is 14.9 Å². The SMILES string of the molecule is CN1CC(c2ccccc2)N2C(C(=O)C(C(N)=O)N2Cc2ccc(F)cc2)C1=O. The van der Waals surface area contributed by atoms with E-state index in [2.05, 4.69) is 0 Å². The van der Waals surface area contributed by atoms with Crippen LogP contribution >= 0.6 is 0 Å². The van der Waals surface area contributed by atoms with Gasteiger partial charge in [0.1, 0.15) is 5.82 Å². The van der Waals surface area contributed by atoms with Crippen molar-refractivity contribution in [3.05, 3.63) is 71.5 Å². The number of primary amides is 1. The molecule has 29 heavy (non-hydrogen) atoms. The van der Waals surface area contributed by atoms with Crippen LogP contribution in [0, 0.1) is 5.82 Å². The second-order valence-electron chi connectivity index (χ2n) is 7.36. The summed E-state index contributed by atoms with van der Waals surface area (Å²) in [6.07, 6.45) is 0. The molecule has 3 atom stereocenters. The number of rotatable bonds is 4. The third-order valence-corrected chi connectivity index (χ3v) is 5.49. The Bertz CT molecular complexity index is 950. The summed E-state index contributed by atoms with van der Waals surface area (Å²) in [6.45, 7) is 0.508. The van der Waals surface area contributed by atoms with Gasteiger partial charge in [0.2, 0.25) is 11.8 Å². The third-order valence-electron chi connectivity index (χ3n) is 5.49. The van der Waals surface area contributed by atoms with E-state index in [9.17, 15) is 18.8 Å². The second-order valence-corrected chi connectivity index (χ2v) is 7.36. The highest BCUT2D eigenvalue weighted by Gasteiger charge is 2.58. The van der Waals surface area contributed by atoms with Crippen LogP contribution in [0.25, 0.3) is 0 Å². The van der Waals surface area contributed by atoms with Crippen LogP contribution in [0.1, 0.15) is 17.2 Å². The molecule has 2 amide bonds. The lowest BCUT2D eigenvalue weighted by Crippen LogP contribution is -2.59. The van der Waals surface area contributed by atoms with Gasteiger partial charge in [-0.2, -0.15) is 0 Å². The van der Waals surface area contributed by atoms with Crippen LogP contribution in [0.5, 0.6) is 0 Å². The maximum absolute atomic E-state index is 13.3. The van der Waals surface area contributed by atoms with Gasteiger partial charge < -0.3 is 10.6 Å². The molecule has 2 N–H and O–H groups in total. The summed E-state index contributed by atoms with van der Waals surface area (Å²) in [5.74, 6) is -2.09. The molecule has 150 valence electrons. The maximum atomic E-state index is 13.3. The van der Waals surface area contributed by atoms with Crippen LogP contribution in [0.15, 0.2) is 54.6 Å². The summed E-state index contributed by atoms with van der Waals surface area (Å²) in [7, 11) is 1.64. The van der Waals surface area contributed by atoms with Crippen molar-refractivity contribution < 1.29 is 18.8 Å². The van der Waals surface area contributed by atoms with Crippen LogP contribution in [-0.4, -0.2) is 58.2 Å². The Hall–Kier alpha value is -3.10. The summed E-state index contributed by atoms with van der Waals surface area (Å²) in [5, 5.41) is 3.24. The Balaban J connectivity index is 1.79. The molecule has 7 nitrogen and oxygen atoms in total. The van der Waals surface area contributed by atoms with Crippen LogP contribution in [0.4, 0.5) is 4.39 Å². The molecule has 4 rings (SSSR count). The number of carbonyl (C=O) groups excluding carboxylic acids is 3. The van der Waals surface area contributed by atoms with Crippen molar-refractivity contribution in [3.8, 4) is 0 Å². The van der Waals surface area contributed by atoms with Crippen molar-refractivity contribution in [2.45, 2.75) is 24.7 Å². The zero-order valence-electron chi connectivity index (χ0n) is 15.9. The molecule has 0 aromatic heterocycles. The topological polar surface area (TPSA) is 86.9 Å². The second kappa shape index (κ2) is 7.38. The van der Waals surface area contributed by atoms with Crippen molar-refractivity contribution in [3.63, 3.8) is 0 Å². The van der Waals surface area contributed by atoms with E-state index in [1.807, 2.05) is 30.3 Å². The predicted molar refractivity (Wildman–Crippen MR) is 102 cm³/mol. The predicted octanol–water partition coefficient (Wildman–Crippen LogP) is 0.863. The number of hydrazine groups is 1. The Labute approximate surface area is 167 Å². The Morgan fingerprint density at radius 1 is 1.10 bits per heavy atom. The number of fused-ring (bicyclic) bond motifs is 1. The van der Waals surface area contributed by atoms with Crippen molar-refractivity contribution in [1.29, 1.82) is 0 Å². The van der Waals surface area contributed by atoms with E-state index in [0.29, 0.717) is 12.1 Å². The van der Waals surface area contributed by atoms with Crippen LogP contribution < -0.4 is 5.73 Å². The largest absolute Gasteiger partial charge is 0.368 e. The first-order valence-corrected chi connectivity index (χ1v) is 9.31. The van der Waals surface area contributed by atoms with E-state index in [-0.39, 0.29) is 24.3 Å². The smallest absolute Gasteiger partial charge is 0.248 e. The number of likely N-dealkylation sites (N-methyl/N-ethyl adjacent to an activating group) is 1. The minimum atomic E-state index is -1.26. The molecule has 0 spiro atoms. The van der Waals surface area contributed by atoms with Gasteiger partial charge in [-0.25, -0.2) is 14.4 Å². The molecule has 2 saturated heterocycles. The zero-order valence-corrected chi connectivity index (χ0v) is 15.9. The van der Waals surface area contributed by atoms with E-state index >= 15 is 0 Å². The number of nitrogens with zero attached hydrogens (tertiary/aromatic N) is 3. The van der Waals surface area contributed by atoms with Gasteiger partial charge in [0.15, 0.2) is 17.9 Å². The lowest BCUT2D eigenvalue weighted by atomic mass is 9.98. The molecule has 0 aliphatic carbocycles.